The molecule has 6 rings (SSSR count). The van der Waals surface area contributed by atoms with Gasteiger partial charge in [-0.2, -0.15) is 0 Å². The van der Waals surface area contributed by atoms with Crippen LogP contribution in [0.25, 0.3) is 0 Å². The molecule has 238 valence electrons. The first kappa shape index (κ1) is 30.8. The number of carbonyl (C=O) groups is 3. The number of ether oxygens (including phenoxy) is 1. The van der Waals surface area contributed by atoms with E-state index in [1.54, 1.807) is 23.9 Å². The topological polar surface area (TPSA) is 101 Å². The van der Waals surface area contributed by atoms with Crippen LogP contribution < -0.4 is 5.32 Å². The maximum Gasteiger partial charge on any atom is 0.436 e. The van der Waals surface area contributed by atoms with Crippen molar-refractivity contribution in [2.24, 2.45) is 39.7 Å². The molecule has 9 heteroatoms. The highest BCUT2D eigenvalue weighted by molar-refractivity contribution is 5.91. The average Bonchev–Trinajstić information content (AvgIpc) is 3.57. The van der Waals surface area contributed by atoms with Gasteiger partial charge < -0.3 is 15.0 Å². The highest BCUT2D eigenvalue weighted by Crippen LogP contribution is 2.66. The van der Waals surface area contributed by atoms with E-state index in [2.05, 4.69) is 31.2 Å². The van der Waals surface area contributed by atoms with E-state index in [0.717, 1.165) is 44.2 Å². The van der Waals surface area contributed by atoms with Crippen LogP contribution in [0.1, 0.15) is 91.4 Å². The molecule has 3 saturated carbocycles. The lowest BCUT2D eigenvalue weighted by molar-refractivity contribution is -0.130. The van der Waals surface area contributed by atoms with Gasteiger partial charge in [-0.15, -0.1) is 0 Å². The number of likely N-dealkylation sites (N-methyl/N-ethyl adjacent to an activating group) is 1. The third-order valence-corrected chi connectivity index (χ3v) is 12.7. The summed E-state index contributed by atoms with van der Waals surface area (Å²) in [6.07, 6.45) is 12.7. The quantitative estimate of drug-likeness (QED) is 0.254. The largest absolute Gasteiger partial charge is 0.436 e. The molecule has 0 spiro atoms. The molecule has 2 unspecified atom stereocenters. The lowest BCUT2D eigenvalue weighted by atomic mass is 9.46. The van der Waals surface area contributed by atoms with E-state index in [1.807, 2.05) is 6.08 Å². The number of hydrogen-bond donors (Lipinski definition) is 1. The van der Waals surface area contributed by atoms with Crippen LogP contribution in [0, 0.1) is 34.5 Å². The number of carbonyl (C=O) groups excluding carboxylic acids is 3. The number of allylic oxidation sites excluding steroid dienone is 1. The van der Waals surface area contributed by atoms with Gasteiger partial charge in [0.1, 0.15) is 0 Å². The molecule has 2 amide bonds. The fourth-order valence-electron chi connectivity index (χ4n) is 10.1. The first-order chi connectivity index (χ1) is 20.5. The summed E-state index contributed by atoms with van der Waals surface area (Å²) in [4.78, 5) is 47.0. The molecule has 1 N–H and O–H groups in total. The predicted octanol–water partition coefficient (Wildman–Crippen LogP) is 4.95. The highest BCUT2D eigenvalue weighted by Gasteiger charge is 2.59. The summed E-state index contributed by atoms with van der Waals surface area (Å²) in [5.74, 6) is 2.75. The van der Waals surface area contributed by atoms with Gasteiger partial charge in [-0.05, 0) is 106 Å². The number of oxime groups is 1. The van der Waals surface area contributed by atoms with Crippen molar-refractivity contribution >= 4 is 23.5 Å². The van der Waals surface area contributed by atoms with E-state index in [-0.39, 0.29) is 34.9 Å². The van der Waals surface area contributed by atoms with Gasteiger partial charge in [-0.1, -0.05) is 24.6 Å². The molecular formula is C34H52N4O5. The Hall–Kier alpha value is -2.26. The minimum atomic E-state index is -0.402. The molecule has 6 aliphatic rings. The summed E-state index contributed by atoms with van der Waals surface area (Å²) in [6.45, 7) is 8.54. The van der Waals surface area contributed by atoms with E-state index in [9.17, 15) is 14.4 Å². The summed E-state index contributed by atoms with van der Waals surface area (Å²) in [6, 6.07) is 0.0609. The van der Waals surface area contributed by atoms with Crippen molar-refractivity contribution in [1.82, 2.24) is 15.1 Å². The monoisotopic (exact) mass is 596 g/mol. The van der Waals surface area contributed by atoms with E-state index >= 15 is 0 Å². The smallest absolute Gasteiger partial charge is 0.377 e. The van der Waals surface area contributed by atoms with E-state index in [1.165, 1.54) is 31.3 Å². The van der Waals surface area contributed by atoms with Crippen LogP contribution in [0.15, 0.2) is 16.8 Å². The predicted molar refractivity (Wildman–Crippen MR) is 164 cm³/mol. The molecule has 2 heterocycles. The van der Waals surface area contributed by atoms with Crippen molar-refractivity contribution in [2.75, 3.05) is 33.9 Å². The average molecular weight is 597 g/mol. The number of hydrogen-bond acceptors (Lipinski definition) is 7. The maximum atomic E-state index is 13.3. The van der Waals surface area contributed by atoms with E-state index in [4.69, 9.17) is 9.57 Å². The minimum absolute atomic E-state index is 0.00829. The fraction of sp³-hybridized carbons (Fsp3) is 0.824. The van der Waals surface area contributed by atoms with Crippen LogP contribution in [0.5, 0.6) is 0 Å². The molecule has 0 aromatic rings. The summed E-state index contributed by atoms with van der Waals surface area (Å²) < 4.78 is 5.41. The standard InChI is InChI=1S/C34H52N4O5/c1-21(36-43-32(41)38(24-19-42-20-24)17-14-23-7-11-30(35-23)31(40)37(4)5)27-9-10-28-26-8-6-22-18-25(39)12-15-33(22,2)29(26)13-16-34(27,28)3/h18,23-24,26-30,35H,6-17,19-20H2,1-5H3/b36-21+/t23?,26-,27+,28-,29-,30?,33-,34+/m0/s1. The van der Waals surface area contributed by atoms with Gasteiger partial charge in [0.15, 0.2) is 5.78 Å². The van der Waals surface area contributed by atoms with Crippen LogP contribution in [0.4, 0.5) is 4.79 Å². The van der Waals surface area contributed by atoms with Crippen LogP contribution in [0.3, 0.4) is 0 Å². The van der Waals surface area contributed by atoms with E-state index < -0.39 is 6.09 Å². The molecule has 0 bridgehead atoms. The number of nitrogens with one attached hydrogen (secondary N) is 1. The van der Waals surface area contributed by atoms with Crippen molar-refractivity contribution in [3.05, 3.63) is 11.6 Å². The summed E-state index contributed by atoms with van der Waals surface area (Å²) in [5.41, 5.74) is 2.70. The third-order valence-electron chi connectivity index (χ3n) is 12.7. The van der Waals surface area contributed by atoms with Crippen molar-refractivity contribution < 1.29 is 24.0 Å². The summed E-state index contributed by atoms with van der Waals surface area (Å²) in [5, 5.41) is 7.95. The number of fused-ring (bicyclic) bond motifs is 5. The van der Waals surface area contributed by atoms with Crippen molar-refractivity contribution in [2.45, 2.75) is 110 Å². The minimum Gasteiger partial charge on any atom is -0.377 e. The second-order valence-corrected chi connectivity index (χ2v) is 15.1. The summed E-state index contributed by atoms with van der Waals surface area (Å²) >= 11 is 0. The Kier molecular flexibility index (Phi) is 8.52. The zero-order valence-electron chi connectivity index (χ0n) is 26.9. The molecule has 5 fully saturated rings. The van der Waals surface area contributed by atoms with Gasteiger partial charge in [0.05, 0.1) is 31.0 Å². The van der Waals surface area contributed by atoms with Crippen LogP contribution in [-0.2, 0) is 19.2 Å². The Bertz CT molecular complexity index is 1180. The van der Waals surface area contributed by atoms with Gasteiger partial charge in [0.2, 0.25) is 5.91 Å². The number of ketones is 1. The Morgan fingerprint density at radius 1 is 1.05 bits per heavy atom. The van der Waals surface area contributed by atoms with Crippen LogP contribution in [-0.4, -0.2) is 85.3 Å². The SMILES string of the molecule is C/C(=N\OC(=O)N(CCC1CCC(C(=O)N(C)C)N1)C1COC1)[C@H]1CC[C@H]2[C@@H]3CCC4=CC(=O)CC[C@]4(C)[C@H]3CC[C@]12C. The number of rotatable bonds is 7. The first-order valence-electron chi connectivity index (χ1n) is 16.8. The van der Waals surface area contributed by atoms with Crippen molar-refractivity contribution in [3.63, 3.8) is 0 Å². The zero-order valence-corrected chi connectivity index (χ0v) is 26.9. The zero-order chi connectivity index (χ0) is 30.5. The van der Waals surface area contributed by atoms with Gasteiger partial charge in [-0.3, -0.25) is 19.3 Å². The summed E-state index contributed by atoms with van der Waals surface area (Å²) in [7, 11) is 3.57. The molecule has 2 saturated heterocycles. The second-order valence-electron chi connectivity index (χ2n) is 15.1. The Morgan fingerprint density at radius 2 is 1.84 bits per heavy atom. The van der Waals surface area contributed by atoms with E-state index in [0.29, 0.717) is 55.6 Å². The Balaban J connectivity index is 1.07. The normalized spacial score (nSPS) is 39.2. The van der Waals surface area contributed by atoms with Crippen LogP contribution in [0.2, 0.25) is 0 Å². The van der Waals surface area contributed by atoms with Crippen molar-refractivity contribution in [3.8, 4) is 0 Å². The molecule has 0 aromatic heterocycles. The maximum absolute atomic E-state index is 13.3. The molecule has 2 aliphatic heterocycles. The van der Waals surface area contributed by atoms with Gasteiger partial charge in [0, 0.05) is 39.0 Å². The molecule has 8 atom stereocenters. The fourth-order valence-corrected chi connectivity index (χ4v) is 10.1. The third kappa shape index (κ3) is 5.58. The lowest BCUT2D eigenvalue weighted by Gasteiger charge is -2.58. The molecule has 0 radical (unpaired) electrons. The molecular weight excluding hydrogens is 544 g/mol. The second kappa shape index (κ2) is 11.9. The molecule has 9 nitrogen and oxygen atoms in total. The Morgan fingerprint density at radius 3 is 2.56 bits per heavy atom. The highest BCUT2D eigenvalue weighted by atomic mass is 16.7. The number of nitrogens with zero attached hydrogens (tertiary/aromatic N) is 3. The first-order valence-corrected chi connectivity index (χ1v) is 16.8. The molecule has 43 heavy (non-hydrogen) atoms. The molecule has 4 aliphatic carbocycles. The number of amides is 2. The Labute approximate surface area is 257 Å². The van der Waals surface area contributed by atoms with Crippen molar-refractivity contribution in [1.29, 1.82) is 0 Å². The van der Waals surface area contributed by atoms with Crippen LogP contribution >= 0.6 is 0 Å². The van der Waals surface area contributed by atoms with Gasteiger partial charge >= 0.3 is 6.09 Å². The molecule has 0 aromatic carbocycles. The van der Waals surface area contributed by atoms with Gasteiger partial charge in [-0.25, -0.2) is 4.79 Å². The lowest BCUT2D eigenvalue weighted by Crippen LogP contribution is -2.53. The van der Waals surface area contributed by atoms with Gasteiger partial charge in [0.25, 0.3) is 0 Å².